The molecule has 1 aromatic rings. The van der Waals surface area contributed by atoms with Gasteiger partial charge in [-0.2, -0.15) is 0 Å². The molecule has 0 amide bonds. The zero-order chi connectivity index (χ0) is 12.3. The summed E-state index contributed by atoms with van der Waals surface area (Å²) in [6.07, 6.45) is 2.59. The predicted octanol–water partition coefficient (Wildman–Crippen LogP) is 1.73. The predicted molar refractivity (Wildman–Crippen MR) is 72.1 cm³/mol. The smallest absolute Gasteiger partial charge is 0.149 e. The van der Waals surface area contributed by atoms with E-state index in [9.17, 15) is 0 Å². The van der Waals surface area contributed by atoms with Gasteiger partial charge in [-0.25, -0.2) is 4.98 Å². The second-order valence-corrected chi connectivity index (χ2v) is 5.04. The van der Waals surface area contributed by atoms with Crippen molar-refractivity contribution >= 4 is 11.5 Å². The summed E-state index contributed by atoms with van der Waals surface area (Å²) >= 11 is 0. The number of hydrogen-bond acceptors (Lipinski definition) is 4. The summed E-state index contributed by atoms with van der Waals surface area (Å²) < 4.78 is 0. The molecule has 0 spiro atoms. The van der Waals surface area contributed by atoms with Crippen molar-refractivity contribution in [2.45, 2.75) is 19.8 Å². The second kappa shape index (κ2) is 5.36. The van der Waals surface area contributed by atoms with Gasteiger partial charge in [-0.3, -0.25) is 0 Å². The van der Waals surface area contributed by atoms with Gasteiger partial charge in [0.1, 0.15) is 5.82 Å². The number of nitrogens with zero attached hydrogens (tertiary/aromatic N) is 2. The maximum Gasteiger partial charge on any atom is 0.149 e. The van der Waals surface area contributed by atoms with E-state index in [1.54, 1.807) is 0 Å². The molecule has 1 fully saturated rings. The maximum atomic E-state index is 5.90. The van der Waals surface area contributed by atoms with E-state index in [-0.39, 0.29) is 0 Å². The Morgan fingerprint density at radius 3 is 3.12 bits per heavy atom. The Hall–Kier alpha value is -1.29. The van der Waals surface area contributed by atoms with Gasteiger partial charge in [-0.05, 0) is 51.4 Å². The van der Waals surface area contributed by atoms with Crippen LogP contribution in [0, 0.1) is 12.8 Å². The van der Waals surface area contributed by atoms with Gasteiger partial charge in [-0.15, -0.1) is 0 Å². The highest BCUT2D eigenvalue weighted by molar-refractivity contribution is 5.61. The minimum Gasteiger partial charge on any atom is -0.396 e. The second-order valence-electron chi connectivity index (χ2n) is 5.04. The van der Waals surface area contributed by atoms with Crippen molar-refractivity contribution < 1.29 is 0 Å². The Balaban J connectivity index is 1.90. The lowest BCUT2D eigenvalue weighted by Crippen LogP contribution is -2.35. The zero-order valence-electron chi connectivity index (χ0n) is 10.7. The summed E-state index contributed by atoms with van der Waals surface area (Å²) in [6, 6.07) is 3.85. The van der Waals surface area contributed by atoms with Gasteiger partial charge in [0.05, 0.1) is 5.69 Å². The molecule has 0 aliphatic carbocycles. The summed E-state index contributed by atoms with van der Waals surface area (Å²) in [5, 5.41) is 3.38. The van der Waals surface area contributed by atoms with Gasteiger partial charge in [0.25, 0.3) is 0 Å². The average Bonchev–Trinajstić information content (AvgIpc) is 2.30. The highest BCUT2D eigenvalue weighted by Crippen LogP contribution is 2.19. The Bertz CT molecular complexity index is 378. The molecule has 17 heavy (non-hydrogen) atoms. The van der Waals surface area contributed by atoms with Crippen LogP contribution in [0.5, 0.6) is 0 Å². The van der Waals surface area contributed by atoms with Crippen LogP contribution in [0.2, 0.25) is 0 Å². The first-order chi connectivity index (χ1) is 8.15. The van der Waals surface area contributed by atoms with Gasteiger partial charge < -0.3 is 16.0 Å². The van der Waals surface area contributed by atoms with Crippen LogP contribution in [0.1, 0.15) is 18.5 Å². The van der Waals surface area contributed by atoms with Gasteiger partial charge >= 0.3 is 0 Å². The lowest BCUT2D eigenvalue weighted by molar-refractivity contribution is 0.217. The third-order valence-corrected chi connectivity index (χ3v) is 3.35. The van der Waals surface area contributed by atoms with Crippen LogP contribution in [0.15, 0.2) is 12.1 Å². The summed E-state index contributed by atoms with van der Waals surface area (Å²) in [6.45, 7) is 5.34. The Morgan fingerprint density at radius 2 is 2.35 bits per heavy atom. The van der Waals surface area contributed by atoms with Crippen LogP contribution >= 0.6 is 0 Å². The molecule has 1 saturated heterocycles. The van der Waals surface area contributed by atoms with E-state index < -0.39 is 0 Å². The van der Waals surface area contributed by atoms with Gasteiger partial charge in [-0.1, -0.05) is 0 Å². The van der Waals surface area contributed by atoms with Crippen molar-refractivity contribution in [1.29, 1.82) is 0 Å². The molecule has 0 aromatic carbocycles. The molecule has 1 unspecified atom stereocenters. The number of aromatic nitrogens is 1. The normalized spacial score (nSPS) is 21.4. The maximum absolute atomic E-state index is 5.90. The number of nitrogens with one attached hydrogen (secondary N) is 1. The summed E-state index contributed by atoms with van der Waals surface area (Å²) in [5.74, 6) is 1.54. The van der Waals surface area contributed by atoms with Crippen molar-refractivity contribution in [3.8, 4) is 0 Å². The number of hydrogen-bond donors (Lipinski definition) is 2. The number of likely N-dealkylation sites (tertiary alicyclic amines) is 1. The van der Waals surface area contributed by atoms with Crippen molar-refractivity contribution in [1.82, 2.24) is 9.88 Å². The van der Waals surface area contributed by atoms with Crippen LogP contribution in [0.25, 0.3) is 0 Å². The molecule has 1 atom stereocenters. The molecule has 1 aliphatic rings. The minimum atomic E-state index is 0.704. The highest BCUT2D eigenvalue weighted by Gasteiger charge is 2.17. The molecule has 0 bridgehead atoms. The van der Waals surface area contributed by atoms with E-state index in [1.165, 1.54) is 25.9 Å². The van der Waals surface area contributed by atoms with Crippen LogP contribution in [0.3, 0.4) is 0 Å². The molecule has 1 aliphatic heterocycles. The Kier molecular flexibility index (Phi) is 3.84. The summed E-state index contributed by atoms with van der Waals surface area (Å²) in [5.41, 5.74) is 7.64. The third-order valence-electron chi connectivity index (χ3n) is 3.35. The van der Waals surface area contributed by atoms with Crippen molar-refractivity contribution in [3.63, 3.8) is 0 Å². The van der Waals surface area contributed by atoms with E-state index in [0.717, 1.165) is 23.7 Å². The van der Waals surface area contributed by atoms with Crippen molar-refractivity contribution in [2.24, 2.45) is 5.92 Å². The summed E-state index contributed by atoms with van der Waals surface area (Å²) in [4.78, 5) is 6.82. The molecular weight excluding hydrogens is 212 g/mol. The van der Waals surface area contributed by atoms with Crippen LogP contribution in [-0.4, -0.2) is 36.6 Å². The monoisotopic (exact) mass is 234 g/mol. The van der Waals surface area contributed by atoms with E-state index in [1.807, 2.05) is 19.1 Å². The molecule has 2 heterocycles. The Morgan fingerprint density at radius 1 is 1.53 bits per heavy atom. The molecule has 1 aromatic heterocycles. The molecule has 4 nitrogen and oxygen atoms in total. The number of rotatable bonds is 3. The van der Waals surface area contributed by atoms with Gasteiger partial charge in [0.15, 0.2) is 0 Å². The van der Waals surface area contributed by atoms with Crippen LogP contribution in [0.4, 0.5) is 11.5 Å². The topological polar surface area (TPSA) is 54.2 Å². The summed E-state index contributed by atoms with van der Waals surface area (Å²) in [7, 11) is 2.19. The minimum absolute atomic E-state index is 0.704. The van der Waals surface area contributed by atoms with Crippen molar-refractivity contribution in [3.05, 3.63) is 17.8 Å². The molecule has 3 N–H and O–H groups in total. The fraction of sp³-hybridized carbons (Fsp3) is 0.615. The fourth-order valence-corrected chi connectivity index (χ4v) is 2.39. The van der Waals surface area contributed by atoms with Gasteiger partial charge in [0.2, 0.25) is 0 Å². The molecular formula is C13H22N4. The number of pyridine rings is 1. The molecule has 94 valence electrons. The standard InChI is InChI=1S/C13H22N4/c1-10-5-6-12(14)13(16-10)15-8-11-4-3-7-17(2)9-11/h5-6,11H,3-4,7-9,14H2,1-2H3,(H,15,16). The van der Waals surface area contributed by atoms with Crippen LogP contribution in [-0.2, 0) is 0 Å². The van der Waals surface area contributed by atoms with E-state index in [0.29, 0.717) is 5.92 Å². The lowest BCUT2D eigenvalue weighted by Gasteiger charge is -2.29. The largest absolute Gasteiger partial charge is 0.396 e. The van der Waals surface area contributed by atoms with E-state index in [2.05, 4.69) is 22.2 Å². The van der Waals surface area contributed by atoms with E-state index in [4.69, 9.17) is 5.73 Å². The average molecular weight is 234 g/mol. The fourth-order valence-electron chi connectivity index (χ4n) is 2.39. The number of piperidine rings is 1. The number of nitrogen functional groups attached to an aromatic ring is 1. The lowest BCUT2D eigenvalue weighted by atomic mass is 9.98. The number of nitrogens with two attached hydrogens (primary N) is 1. The molecule has 0 saturated carbocycles. The first kappa shape index (κ1) is 12.2. The molecule has 4 heteroatoms. The molecule has 0 radical (unpaired) electrons. The van der Waals surface area contributed by atoms with Gasteiger partial charge in [0, 0.05) is 18.8 Å². The van der Waals surface area contributed by atoms with E-state index >= 15 is 0 Å². The Labute approximate surface area is 103 Å². The first-order valence-corrected chi connectivity index (χ1v) is 6.30. The van der Waals surface area contributed by atoms with Crippen molar-refractivity contribution in [2.75, 3.05) is 37.7 Å². The molecule has 2 rings (SSSR count). The highest BCUT2D eigenvalue weighted by atomic mass is 15.1. The quantitative estimate of drug-likeness (QED) is 0.836. The third kappa shape index (κ3) is 3.33. The number of anilines is 2. The van der Waals surface area contributed by atoms with Crippen LogP contribution < -0.4 is 11.1 Å². The SMILES string of the molecule is Cc1ccc(N)c(NCC2CCCN(C)C2)n1. The first-order valence-electron chi connectivity index (χ1n) is 6.30. The zero-order valence-corrected chi connectivity index (χ0v) is 10.7. The number of aryl methyl sites for hydroxylation is 1.